The molecule has 0 bridgehead atoms. The Labute approximate surface area is 174 Å². The van der Waals surface area contributed by atoms with Crippen LogP contribution in [0.15, 0.2) is 29.4 Å². The van der Waals surface area contributed by atoms with Crippen molar-refractivity contribution in [3.8, 4) is 0 Å². The number of unbranched alkanes of at least 4 members (excludes halogenated alkanes) is 1. The van der Waals surface area contributed by atoms with E-state index in [4.69, 9.17) is 0 Å². The maximum atomic E-state index is 12.6. The molecule has 0 radical (unpaired) electrons. The molecule has 1 aliphatic carbocycles. The maximum absolute atomic E-state index is 12.6. The van der Waals surface area contributed by atoms with Crippen molar-refractivity contribution in [1.82, 2.24) is 15.6 Å². The van der Waals surface area contributed by atoms with Gasteiger partial charge in [0, 0.05) is 24.4 Å². The molecule has 1 aromatic rings. The van der Waals surface area contributed by atoms with Gasteiger partial charge in [0.2, 0.25) is 11.8 Å². The molecule has 2 aliphatic rings. The van der Waals surface area contributed by atoms with E-state index in [-0.39, 0.29) is 35.7 Å². The second-order valence-corrected chi connectivity index (χ2v) is 8.10. The molecular weight excluding hydrogens is 432 g/mol. The summed E-state index contributed by atoms with van der Waals surface area (Å²) in [5.74, 6) is 0.590. The van der Waals surface area contributed by atoms with Crippen LogP contribution in [-0.4, -0.2) is 35.4 Å². The smallest absolute Gasteiger partial charge is 0.242 e. The molecule has 3 N–H and O–H groups in total. The number of hydrogen-bond acceptors (Lipinski definition) is 4. The summed E-state index contributed by atoms with van der Waals surface area (Å²) >= 11 is 3.33. The highest BCUT2D eigenvalue weighted by Crippen LogP contribution is 2.54. The number of aryl methyl sites for hydroxylation is 1. The Hall–Kier alpha value is -1.44. The number of anilines is 1. The highest BCUT2D eigenvalue weighted by molar-refractivity contribution is 9.10. The molecule has 8 heteroatoms. The molecule has 6 nitrogen and oxygen atoms in total. The van der Waals surface area contributed by atoms with Crippen LogP contribution in [0.4, 0.5) is 5.82 Å². The van der Waals surface area contributed by atoms with Gasteiger partial charge in [-0.3, -0.25) is 9.59 Å². The number of piperidine rings is 1. The summed E-state index contributed by atoms with van der Waals surface area (Å²) in [5, 5.41) is 9.32. The Bertz CT molecular complexity index is 730. The second-order valence-electron chi connectivity index (χ2n) is 7.29. The van der Waals surface area contributed by atoms with Gasteiger partial charge in [-0.2, -0.15) is 0 Å². The molecule has 0 spiro atoms. The molecule has 0 aromatic carbocycles. The van der Waals surface area contributed by atoms with E-state index in [1.54, 1.807) is 0 Å². The van der Waals surface area contributed by atoms with Crippen molar-refractivity contribution in [3.63, 3.8) is 0 Å². The number of halogens is 2. The summed E-state index contributed by atoms with van der Waals surface area (Å²) in [6, 6.07) is 3.82. The molecule has 148 valence electrons. The molecule has 2 heterocycles. The standard InChI is InChI=1S/C19H25BrN4O2.ClH/c1-3-4-5-6-16(25)21-11-19-9-13(22-14(19)10-19)18(26)24-17-12(2)7-8-15(20)23-17;/h3,7-8,13-14,22H,1,4-6,9-11H2,2H3,(H,21,25)(H,23,24,26);1H/t13-,14+,19-;/m0./s1. The Morgan fingerprint density at radius 1 is 1.44 bits per heavy atom. The van der Waals surface area contributed by atoms with E-state index in [0.29, 0.717) is 29.4 Å². The van der Waals surface area contributed by atoms with E-state index < -0.39 is 0 Å². The summed E-state index contributed by atoms with van der Waals surface area (Å²) < 4.78 is 0.691. The molecular formula is C19H26BrClN4O2. The Morgan fingerprint density at radius 2 is 2.22 bits per heavy atom. The number of pyridine rings is 1. The molecule has 1 saturated heterocycles. The zero-order valence-corrected chi connectivity index (χ0v) is 17.8. The SMILES string of the molecule is C=CCCCC(=O)NC[C@@]12C[C@@H](C(=O)Nc3nc(Br)ccc3C)N[C@@H]1C2.Cl. The first kappa shape index (κ1) is 21.9. The minimum atomic E-state index is -0.244. The average molecular weight is 458 g/mol. The fourth-order valence-corrected chi connectivity index (χ4v) is 3.87. The van der Waals surface area contributed by atoms with Gasteiger partial charge in [-0.15, -0.1) is 19.0 Å². The molecule has 2 amide bonds. The lowest BCUT2D eigenvalue weighted by molar-refractivity contribution is -0.121. The summed E-state index contributed by atoms with van der Waals surface area (Å²) in [7, 11) is 0. The average Bonchev–Trinajstić information content (AvgIpc) is 3.17. The predicted molar refractivity (Wildman–Crippen MR) is 112 cm³/mol. The van der Waals surface area contributed by atoms with Crippen molar-refractivity contribution in [1.29, 1.82) is 0 Å². The Balaban J connectivity index is 0.00000261. The van der Waals surface area contributed by atoms with Crippen LogP contribution in [0.5, 0.6) is 0 Å². The van der Waals surface area contributed by atoms with Crippen LogP contribution in [0.3, 0.4) is 0 Å². The molecule has 0 unspecified atom stereocenters. The van der Waals surface area contributed by atoms with Gasteiger partial charge in [0.15, 0.2) is 0 Å². The van der Waals surface area contributed by atoms with Gasteiger partial charge in [0.25, 0.3) is 0 Å². The third-order valence-corrected chi connectivity index (χ3v) is 5.72. The van der Waals surface area contributed by atoms with E-state index in [2.05, 4.69) is 43.4 Å². The van der Waals surface area contributed by atoms with Gasteiger partial charge in [-0.1, -0.05) is 12.1 Å². The molecule has 1 saturated carbocycles. The number of aromatic nitrogens is 1. The van der Waals surface area contributed by atoms with Crippen LogP contribution >= 0.6 is 28.3 Å². The summed E-state index contributed by atoms with van der Waals surface area (Å²) in [6.45, 7) is 6.21. The van der Waals surface area contributed by atoms with Gasteiger partial charge < -0.3 is 16.0 Å². The normalized spacial score (nSPS) is 25.1. The van der Waals surface area contributed by atoms with E-state index in [9.17, 15) is 9.59 Å². The third kappa shape index (κ3) is 5.30. The Kier molecular flexibility index (Phi) is 7.42. The second kappa shape index (κ2) is 9.17. The number of carbonyl (C=O) groups is 2. The van der Waals surface area contributed by atoms with Crippen LogP contribution in [0.2, 0.25) is 0 Å². The van der Waals surface area contributed by atoms with E-state index in [0.717, 1.165) is 31.2 Å². The quantitative estimate of drug-likeness (QED) is 0.318. The van der Waals surface area contributed by atoms with E-state index >= 15 is 0 Å². The van der Waals surface area contributed by atoms with Crippen LogP contribution < -0.4 is 16.0 Å². The fraction of sp³-hybridized carbons (Fsp3) is 0.526. The number of allylic oxidation sites excluding steroid dienone is 1. The zero-order valence-electron chi connectivity index (χ0n) is 15.4. The highest BCUT2D eigenvalue weighted by atomic mass is 79.9. The first-order valence-corrected chi connectivity index (χ1v) is 9.80. The summed E-state index contributed by atoms with van der Waals surface area (Å²) in [4.78, 5) is 28.8. The molecule has 27 heavy (non-hydrogen) atoms. The fourth-order valence-electron chi connectivity index (χ4n) is 3.56. The zero-order chi connectivity index (χ0) is 18.7. The number of hydrogen-bond donors (Lipinski definition) is 3. The monoisotopic (exact) mass is 456 g/mol. The lowest BCUT2D eigenvalue weighted by Crippen LogP contribution is -2.38. The van der Waals surface area contributed by atoms with Crippen molar-refractivity contribution in [2.24, 2.45) is 5.41 Å². The number of fused-ring (bicyclic) bond motifs is 1. The largest absolute Gasteiger partial charge is 0.355 e. The predicted octanol–water partition coefficient (Wildman–Crippen LogP) is 3.11. The molecule has 3 atom stereocenters. The molecule has 1 aliphatic heterocycles. The van der Waals surface area contributed by atoms with Crippen LogP contribution in [0, 0.1) is 12.3 Å². The van der Waals surface area contributed by atoms with E-state index in [1.165, 1.54) is 0 Å². The maximum Gasteiger partial charge on any atom is 0.242 e. The highest BCUT2D eigenvalue weighted by Gasteiger charge is 2.61. The lowest BCUT2D eigenvalue weighted by atomic mass is 9.99. The lowest BCUT2D eigenvalue weighted by Gasteiger charge is -2.17. The molecule has 1 aromatic heterocycles. The Morgan fingerprint density at radius 3 is 2.96 bits per heavy atom. The van der Waals surface area contributed by atoms with Gasteiger partial charge in [0.1, 0.15) is 10.4 Å². The van der Waals surface area contributed by atoms with Crippen molar-refractivity contribution in [2.45, 2.75) is 51.1 Å². The van der Waals surface area contributed by atoms with E-state index in [1.807, 2.05) is 25.1 Å². The first-order chi connectivity index (χ1) is 12.4. The number of carbonyl (C=O) groups excluding carboxylic acids is 2. The molecule has 2 fully saturated rings. The first-order valence-electron chi connectivity index (χ1n) is 9.01. The summed E-state index contributed by atoms with van der Waals surface area (Å²) in [6.07, 6.45) is 5.79. The van der Waals surface area contributed by atoms with Crippen LogP contribution in [0.25, 0.3) is 0 Å². The number of nitrogens with zero attached hydrogens (tertiary/aromatic N) is 1. The van der Waals surface area contributed by atoms with Gasteiger partial charge in [-0.25, -0.2) is 4.98 Å². The minimum absolute atomic E-state index is 0. The van der Waals surface area contributed by atoms with Crippen molar-refractivity contribution < 1.29 is 9.59 Å². The number of nitrogens with one attached hydrogen (secondary N) is 3. The van der Waals surface area contributed by atoms with Gasteiger partial charge >= 0.3 is 0 Å². The van der Waals surface area contributed by atoms with Crippen molar-refractivity contribution in [2.75, 3.05) is 11.9 Å². The number of rotatable bonds is 8. The topological polar surface area (TPSA) is 83.1 Å². The number of amides is 2. The van der Waals surface area contributed by atoms with Crippen molar-refractivity contribution in [3.05, 3.63) is 35.0 Å². The van der Waals surface area contributed by atoms with Crippen LogP contribution in [0.1, 0.15) is 37.7 Å². The van der Waals surface area contributed by atoms with Gasteiger partial charge in [0.05, 0.1) is 6.04 Å². The van der Waals surface area contributed by atoms with Gasteiger partial charge in [-0.05, 0) is 60.2 Å². The molecule has 3 rings (SSSR count). The minimum Gasteiger partial charge on any atom is -0.355 e. The third-order valence-electron chi connectivity index (χ3n) is 5.27. The summed E-state index contributed by atoms with van der Waals surface area (Å²) in [5.41, 5.74) is 0.946. The van der Waals surface area contributed by atoms with Crippen molar-refractivity contribution >= 4 is 46.0 Å². The van der Waals surface area contributed by atoms with Crippen LogP contribution in [-0.2, 0) is 9.59 Å².